The molecule has 2 heterocycles. The van der Waals surface area contributed by atoms with Crippen LogP contribution in [0.1, 0.15) is 62.1 Å². The van der Waals surface area contributed by atoms with Crippen LogP contribution in [0.2, 0.25) is 0 Å². The van der Waals surface area contributed by atoms with Crippen molar-refractivity contribution in [1.29, 1.82) is 5.26 Å². The molecule has 0 spiro atoms. The van der Waals surface area contributed by atoms with Gasteiger partial charge in [-0.3, -0.25) is 14.6 Å². The van der Waals surface area contributed by atoms with E-state index < -0.39 is 0 Å². The second-order valence-corrected chi connectivity index (χ2v) is 9.63. The van der Waals surface area contributed by atoms with Gasteiger partial charge in [0.25, 0.3) is 0 Å². The fraction of sp³-hybridized carbons (Fsp3) is 0.429. The molecule has 33 heavy (non-hydrogen) atoms. The lowest BCUT2D eigenvalue weighted by molar-refractivity contribution is -0.118. The lowest BCUT2D eigenvalue weighted by atomic mass is 9.77. The van der Waals surface area contributed by atoms with Crippen LogP contribution in [-0.2, 0) is 17.8 Å². The molecule has 1 fully saturated rings. The Labute approximate surface area is 195 Å². The maximum absolute atomic E-state index is 13.0. The fourth-order valence-corrected chi connectivity index (χ4v) is 5.83. The summed E-state index contributed by atoms with van der Waals surface area (Å²) in [6.45, 7) is 4.52. The molecule has 5 rings (SSSR count). The Kier molecular flexibility index (Phi) is 5.95. The van der Waals surface area contributed by atoms with E-state index in [1.54, 1.807) is 6.92 Å². The Hall–Kier alpha value is -3.10. The molecule has 1 saturated carbocycles. The molecule has 0 radical (unpaired) electrons. The number of hydrogen-bond acceptors (Lipinski definition) is 4. The van der Waals surface area contributed by atoms with E-state index in [1.807, 2.05) is 47.4 Å². The number of benzene rings is 2. The van der Waals surface area contributed by atoms with Crippen LogP contribution < -0.4 is 4.90 Å². The van der Waals surface area contributed by atoms with Crippen molar-refractivity contribution < 1.29 is 9.21 Å². The summed E-state index contributed by atoms with van der Waals surface area (Å²) in [5.74, 6) is 0.739. The molecule has 2 aromatic carbocycles. The summed E-state index contributed by atoms with van der Waals surface area (Å²) in [6.07, 6.45) is 7.45. The Bertz CT molecular complexity index is 1170. The molecule has 0 unspecified atom stereocenters. The van der Waals surface area contributed by atoms with Gasteiger partial charge in [-0.2, -0.15) is 5.26 Å². The molecule has 0 N–H and O–H groups in total. The molecule has 3 aromatic rings. The zero-order valence-corrected chi connectivity index (χ0v) is 19.3. The highest BCUT2D eigenvalue weighted by molar-refractivity contribution is 5.94. The van der Waals surface area contributed by atoms with Crippen molar-refractivity contribution in [1.82, 2.24) is 4.90 Å². The first-order chi connectivity index (χ1) is 16.1. The van der Waals surface area contributed by atoms with E-state index >= 15 is 0 Å². The molecule has 1 aliphatic heterocycles. The number of para-hydroxylation sites is 1. The molecule has 0 saturated heterocycles. The minimum Gasteiger partial charge on any atom is -0.440 e. The lowest BCUT2D eigenvalue weighted by Gasteiger charge is -2.46. The van der Waals surface area contributed by atoms with E-state index in [0.29, 0.717) is 5.88 Å². The highest BCUT2D eigenvalue weighted by atomic mass is 16.4. The smallest absolute Gasteiger partial charge is 0.226 e. The monoisotopic (exact) mass is 441 g/mol. The summed E-state index contributed by atoms with van der Waals surface area (Å²) in [4.78, 5) is 17.5. The van der Waals surface area contributed by atoms with Crippen LogP contribution in [0.25, 0.3) is 11.0 Å². The first kappa shape index (κ1) is 21.7. The fourth-order valence-electron chi connectivity index (χ4n) is 5.83. The predicted octanol–water partition coefficient (Wildman–Crippen LogP) is 5.81. The third-order valence-corrected chi connectivity index (χ3v) is 7.53. The van der Waals surface area contributed by atoms with E-state index in [2.05, 4.69) is 17.0 Å². The highest BCUT2D eigenvalue weighted by Crippen LogP contribution is 2.41. The van der Waals surface area contributed by atoms with Crippen molar-refractivity contribution in [3.8, 4) is 6.07 Å². The third kappa shape index (κ3) is 4.28. The van der Waals surface area contributed by atoms with Crippen molar-refractivity contribution in [3.63, 3.8) is 0 Å². The largest absolute Gasteiger partial charge is 0.440 e. The number of nitrogens with zero attached hydrogens (tertiary/aromatic N) is 3. The standard InChI is InChI=1S/C28H31N3O2/c1-21(32)31(27-18-24-7-3-4-8-26(24)33-27)28(12-5-2-6-13-28)14-16-30-15-11-23-17-22(19-29)9-10-25(23)20-30/h3-4,7-10,17-18H,2,5-6,11-16,20H2,1H3. The Balaban J connectivity index is 1.39. The summed E-state index contributed by atoms with van der Waals surface area (Å²) in [6, 6.07) is 18.3. The van der Waals surface area contributed by atoms with Gasteiger partial charge in [-0.05, 0) is 55.0 Å². The average Bonchev–Trinajstić information content (AvgIpc) is 3.26. The average molecular weight is 442 g/mol. The van der Waals surface area contributed by atoms with Crippen molar-refractivity contribution in [2.24, 2.45) is 0 Å². The normalized spacial score (nSPS) is 17.9. The van der Waals surface area contributed by atoms with Gasteiger partial charge >= 0.3 is 0 Å². The number of carbonyl (C=O) groups is 1. The summed E-state index contributed by atoms with van der Waals surface area (Å²) < 4.78 is 6.20. The van der Waals surface area contributed by atoms with Gasteiger partial charge < -0.3 is 4.42 Å². The quantitative estimate of drug-likeness (QED) is 0.501. The number of carbonyl (C=O) groups excluding carboxylic acids is 1. The molecular weight excluding hydrogens is 410 g/mol. The van der Waals surface area contributed by atoms with Crippen LogP contribution in [0.3, 0.4) is 0 Å². The lowest BCUT2D eigenvalue weighted by Crippen LogP contribution is -2.54. The minimum absolute atomic E-state index is 0.0592. The highest BCUT2D eigenvalue weighted by Gasteiger charge is 2.42. The first-order valence-electron chi connectivity index (χ1n) is 12.1. The second-order valence-electron chi connectivity index (χ2n) is 9.63. The predicted molar refractivity (Wildman–Crippen MR) is 130 cm³/mol. The summed E-state index contributed by atoms with van der Waals surface area (Å²) in [5.41, 5.74) is 3.98. The first-order valence-corrected chi connectivity index (χ1v) is 12.1. The van der Waals surface area contributed by atoms with Crippen LogP contribution in [0.5, 0.6) is 0 Å². The number of fused-ring (bicyclic) bond motifs is 2. The van der Waals surface area contributed by atoms with Crippen LogP contribution in [-0.4, -0.2) is 29.4 Å². The van der Waals surface area contributed by atoms with E-state index in [0.717, 1.165) is 74.7 Å². The topological polar surface area (TPSA) is 60.5 Å². The number of nitriles is 1. The summed E-state index contributed by atoms with van der Waals surface area (Å²) in [7, 11) is 0. The van der Waals surface area contributed by atoms with Gasteiger partial charge in [-0.25, -0.2) is 0 Å². The van der Waals surface area contributed by atoms with Crippen molar-refractivity contribution in [2.75, 3.05) is 18.0 Å². The van der Waals surface area contributed by atoms with Gasteiger partial charge in [0.05, 0.1) is 17.2 Å². The Morgan fingerprint density at radius 3 is 2.70 bits per heavy atom. The van der Waals surface area contributed by atoms with E-state index in [9.17, 15) is 10.1 Å². The van der Waals surface area contributed by atoms with Gasteiger partial charge in [0.2, 0.25) is 11.8 Å². The molecule has 2 aliphatic rings. The van der Waals surface area contributed by atoms with Crippen molar-refractivity contribution in [2.45, 2.75) is 64.0 Å². The van der Waals surface area contributed by atoms with E-state index in [4.69, 9.17) is 4.42 Å². The van der Waals surface area contributed by atoms with Crippen LogP contribution in [0.4, 0.5) is 5.88 Å². The number of hydrogen-bond donors (Lipinski definition) is 0. The van der Waals surface area contributed by atoms with Crippen molar-refractivity contribution >= 4 is 22.8 Å². The van der Waals surface area contributed by atoms with Gasteiger partial charge in [-0.15, -0.1) is 0 Å². The van der Waals surface area contributed by atoms with E-state index in [1.165, 1.54) is 17.5 Å². The number of amides is 1. The number of furan rings is 1. The number of anilines is 1. The maximum Gasteiger partial charge on any atom is 0.226 e. The molecule has 0 atom stereocenters. The third-order valence-electron chi connectivity index (χ3n) is 7.53. The molecule has 0 bridgehead atoms. The molecule has 5 heteroatoms. The maximum atomic E-state index is 13.0. The van der Waals surface area contributed by atoms with Crippen LogP contribution in [0, 0.1) is 11.3 Å². The Morgan fingerprint density at radius 2 is 1.94 bits per heavy atom. The number of rotatable bonds is 5. The van der Waals surface area contributed by atoms with Gasteiger partial charge in [-0.1, -0.05) is 43.5 Å². The molecule has 5 nitrogen and oxygen atoms in total. The second kappa shape index (κ2) is 9.03. The zero-order valence-electron chi connectivity index (χ0n) is 19.3. The van der Waals surface area contributed by atoms with Gasteiger partial charge in [0, 0.05) is 38.0 Å². The van der Waals surface area contributed by atoms with Gasteiger partial charge in [0.15, 0.2) is 0 Å². The summed E-state index contributed by atoms with van der Waals surface area (Å²) in [5, 5.41) is 10.2. The minimum atomic E-state index is -0.205. The van der Waals surface area contributed by atoms with Gasteiger partial charge in [0.1, 0.15) is 5.58 Å². The summed E-state index contributed by atoms with van der Waals surface area (Å²) >= 11 is 0. The SMILES string of the molecule is CC(=O)N(c1cc2ccccc2o1)C1(CCN2CCc3cc(C#N)ccc3C2)CCCCC1. The van der Waals surface area contributed by atoms with Crippen LogP contribution >= 0.6 is 0 Å². The Morgan fingerprint density at radius 1 is 1.12 bits per heavy atom. The molecule has 1 amide bonds. The zero-order chi connectivity index (χ0) is 22.8. The molecule has 1 aliphatic carbocycles. The molecule has 1 aromatic heterocycles. The van der Waals surface area contributed by atoms with Crippen LogP contribution in [0.15, 0.2) is 52.9 Å². The van der Waals surface area contributed by atoms with Crippen molar-refractivity contribution in [3.05, 3.63) is 65.2 Å². The molecular formula is C28H31N3O2. The van der Waals surface area contributed by atoms with E-state index in [-0.39, 0.29) is 11.4 Å². The molecule has 170 valence electrons.